The van der Waals surface area contributed by atoms with Crippen molar-refractivity contribution in [3.8, 4) is 0 Å². The normalized spacial score (nSPS) is 11.5. The Morgan fingerprint density at radius 2 is 1.04 bits per heavy atom. The maximum Gasteiger partial charge on any atom is 0.306 e. The molecule has 0 saturated carbocycles. The van der Waals surface area contributed by atoms with Crippen molar-refractivity contribution in [3.05, 3.63) is 12.2 Å². The number of esters is 2. The van der Waals surface area contributed by atoms with Crippen LogP contribution in [0.3, 0.4) is 0 Å². The average Bonchev–Trinajstić information content (AvgIpc) is 2.53. The van der Waals surface area contributed by atoms with Gasteiger partial charge >= 0.3 is 11.9 Å². The molecule has 0 amide bonds. The number of hydrogen-bond donors (Lipinski definition) is 0. The fraction of sp³-hybridized carbons (Fsp3) is 0.818. The molecule has 0 aromatic rings. The Morgan fingerprint density at radius 3 is 1.58 bits per heavy atom. The van der Waals surface area contributed by atoms with E-state index in [1.54, 1.807) is 0 Å². The van der Waals surface area contributed by atoms with Crippen molar-refractivity contribution in [3.63, 3.8) is 0 Å². The topological polar surface area (TPSA) is 52.6 Å². The summed E-state index contributed by atoms with van der Waals surface area (Å²) in [6.45, 7) is 7.52. The van der Waals surface area contributed by atoms with E-state index >= 15 is 0 Å². The fourth-order valence-corrected chi connectivity index (χ4v) is 2.67. The maximum absolute atomic E-state index is 11.4. The Balaban J connectivity index is 3.28. The molecule has 0 aromatic heterocycles. The summed E-state index contributed by atoms with van der Waals surface area (Å²) in [7, 11) is 0. The predicted molar refractivity (Wildman–Crippen MR) is 107 cm³/mol. The minimum absolute atomic E-state index is 0.00118. The van der Waals surface area contributed by atoms with E-state index in [0.717, 1.165) is 25.7 Å². The molecule has 0 radical (unpaired) electrons. The second kappa shape index (κ2) is 17.1. The lowest BCUT2D eigenvalue weighted by Crippen LogP contribution is -2.10. The quantitative estimate of drug-likeness (QED) is 0.187. The van der Waals surface area contributed by atoms with Crippen LogP contribution in [-0.4, -0.2) is 24.1 Å². The highest BCUT2D eigenvalue weighted by Gasteiger charge is 2.04. The summed E-state index contributed by atoms with van der Waals surface area (Å²) in [6, 6.07) is 0. The standard InChI is InChI=1S/C22H40O4/c1-19(2)25-21(23)17-15-13-11-9-7-5-6-8-10-12-14-16-18-22(24)26-20(3)4/h11,13,19-20H,5-10,12,14-18H2,1-4H3/b13-11+. The Hall–Kier alpha value is -1.32. The molecule has 4 nitrogen and oxygen atoms in total. The van der Waals surface area contributed by atoms with Gasteiger partial charge in [-0.3, -0.25) is 9.59 Å². The van der Waals surface area contributed by atoms with E-state index in [9.17, 15) is 9.59 Å². The van der Waals surface area contributed by atoms with E-state index < -0.39 is 0 Å². The second-order valence-electron chi connectivity index (χ2n) is 7.45. The monoisotopic (exact) mass is 368 g/mol. The molecule has 0 saturated heterocycles. The molecule has 0 heterocycles. The van der Waals surface area contributed by atoms with Crippen LogP contribution in [0.15, 0.2) is 12.2 Å². The van der Waals surface area contributed by atoms with E-state index in [1.165, 1.54) is 38.5 Å². The predicted octanol–water partition coefficient (Wildman–Crippen LogP) is 6.13. The Kier molecular flexibility index (Phi) is 16.2. The first kappa shape index (κ1) is 24.7. The Labute approximate surface area is 160 Å². The lowest BCUT2D eigenvalue weighted by Gasteiger charge is -2.07. The molecule has 0 atom stereocenters. The number of carbonyl (C=O) groups is 2. The molecule has 0 fully saturated rings. The number of allylic oxidation sites excluding steroid dienone is 2. The van der Waals surface area contributed by atoms with Crippen LogP contribution in [0, 0.1) is 0 Å². The molecule has 0 aliphatic heterocycles. The number of ether oxygens (including phenoxy) is 2. The summed E-state index contributed by atoms with van der Waals surface area (Å²) < 4.78 is 10.2. The third kappa shape index (κ3) is 19.0. The van der Waals surface area contributed by atoms with Crippen molar-refractivity contribution < 1.29 is 19.1 Å². The van der Waals surface area contributed by atoms with Crippen LogP contribution in [0.25, 0.3) is 0 Å². The van der Waals surface area contributed by atoms with Crippen LogP contribution in [0.4, 0.5) is 0 Å². The summed E-state index contributed by atoms with van der Waals surface area (Å²) in [6.07, 6.45) is 16.7. The third-order valence-electron chi connectivity index (χ3n) is 3.92. The highest BCUT2D eigenvalue weighted by atomic mass is 16.5. The zero-order chi connectivity index (χ0) is 19.6. The lowest BCUT2D eigenvalue weighted by molar-refractivity contribution is -0.148. The molecule has 0 rings (SSSR count). The summed E-state index contributed by atoms with van der Waals surface area (Å²) in [5, 5.41) is 0. The number of carbonyl (C=O) groups excluding carboxylic acids is 2. The fourth-order valence-electron chi connectivity index (χ4n) is 2.67. The number of unbranched alkanes of at least 4 members (excludes halogenated alkanes) is 8. The number of hydrogen-bond acceptors (Lipinski definition) is 4. The first-order valence-electron chi connectivity index (χ1n) is 10.5. The van der Waals surface area contributed by atoms with Gasteiger partial charge in [0.1, 0.15) is 0 Å². The van der Waals surface area contributed by atoms with Gasteiger partial charge in [0.15, 0.2) is 0 Å². The van der Waals surface area contributed by atoms with Crippen LogP contribution in [0.1, 0.15) is 105 Å². The van der Waals surface area contributed by atoms with E-state index in [0.29, 0.717) is 12.8 Å². The van der Waals surface area contributed by atoms with Gasteiger partial charge in [-0.25, -0.2) is 0 Å². The average molecular weight is 369 g/mol. The van der Waals surface area contributed by atoms with Crippen LogP contribution in [0.5, 0.6) is 0 Å². The molecule has 0 spiro atoms. The SMILES string of the molecule is CC(C)OC(=O)CC/C=C/CCCCCCCCCCC(=O)OC(C)C. The van der Waals surface area contributed by atoms with Crippen molar-refractivity contribution in [1.29, 1.82) is 0 Å². The smallest absolute Gasteiger partial charge is 0.306 e. The Bertz CT molecular complexity index is 386. The van der Waals surface area contributed by atoms with Crippen LogP contribution in [0.2, 0.25) is 0 Å². The molecular weight excluding hydrogens is 328 g/mol. The van der Waals surface area contributed by atoms with E-state index in [1.807, 2.05) is 27.7 Å². The summed E-state index contributed by atoms with van der Waals surface area (Å²) in [5.41, 5.74) is 0. The van der Waals surface area contributed by atoms with Gasteiger partial charge in [-0.15, -0.1) is 0 Å². The van der Waals surface area contributed by atoms with Crippen LogP contribution in [-0.2, 0) is 19.1 Å². The second-order valence-corrected chi connectivity index (χ2v) is 7.45. The molecule has 26 heavy (non-hydrogen) atoms. The third-order valence-corrected chi connectivity index (χ3v) is 3.92. The van der Waals surface area contributed by atoms with E-state index in [-0.39, 0.29) is 24.1 Å². The molecule has 152 valence electrons. The highest BCUT2D eigenvalue weighted by Crippen LogP contribution is 2.11. The van der Waals surface area contributed by atoms with Gasteiger partial charge in [-0.1, -0.05) is 50.7 Å². The van der Waals surface area contributed by atoms with Crippen LogP contribution < -0.4 is 0 Å². The first-order valence-corrected chi connectivity index (χ1v) is 10.5. The molecule has 0 aliphatic rings. The van der Waals surface area contributed by atoms with Crippen molar-refractivity contribution >= 4 is 11.9 Å². The van der Waals surface area contributed by atoms with Crippen molar-refractivity contribution in [2.75, 3.05) is 0 Å². The first-order chi connectivity index (χ1) is 12.4. The van der Waals surface area contributed by atoms with Crippen LogP contribution >= 0.6 is 0 Å². The molecule has 0 unspecified atom stereocenters. The van der Waals surface area contributed by atoms with E-state index in [2.05, 4.69) is 12.2 Å². The number of rotatable bonds is 16. The lowest BCUT2D eigenvalue weighted by atomic mass is 10.1. The van der Waals surface area contributed by atoms with Gasteiger partial charge in [0, 0.05) is 12.8 Å². The zero-order valence-electron chi connectivity index (χ0n) is 17.4. The molecule has 0 N–H and O–H groups in total. The van der Waals surface area contributed by atoms with Gasteiger partial charge in [0.2, 0.25) is 0 Å². The maximum atomic E-state index is 11.4. The minimum atomic E-state index is -0.110. The zero-order valence-corrected chi connectivity index (χ0v) is 17.4. The molecule has 0 aliphatic carbocycles. The van der Waals surface area contributed by atoms with Crippen molar-refractivity contribution in [2.24, 2.45) is 0 Å². The van der Waals surface area contributed by atoms with Crippen molar-refractivity contribution in [1.82, 2.24) is 0 Å². The summed E-state index contributed by atoms with van der Waals surface area (Å²) in [4.78, 5) is 22.7. The van der Waals surface area contributed by atoms with Gasteiger partial charge in [0.25, 0.3) is 0 Å². The van der Waals surface area contributed by atoms with Gasteiger partial charge in [0.05, 0.1) is 12.2 Å². The molecular formula is C22H40O4. The molecule has 0 aromatic carbocycles. The highest BCUT2D eigenvalue weighted by molar-refractivity contribution is 5.69. The molecule has 4 heteroatoms. The Morgan fingerprint density at radius 1 is 0.615 bits per heavy atom. The largest absolute Gasteiger partial charge is 0.463 e. The van der Waals surface area contributed by atoms with Gasteiger partial charge in [-0.05, 0) is 53.4 Å². The van der Waals surface area contributed by atoms with E-state index in [4.69, 9.17) is 9.47 Å². The minimum Gasteiger partial charge on any atom is -0.463 e. The van der Waals surface area contributed by atoms with Crippen molar-refractivity contribution in [2.45, 2.75) is 117 Å². The summed E-state index contributed by atoms with van der Waals surface area (Å²) >= 11 is 0. The molecule has 0 bridgehead atoms. The van der Waals surface area contributed by atoms with Gasteiger partial charge < -0.3 is 9.47 Å². The summed E-state index contributed by atoms with van der Waals surface area (Å²) in [5.74, 6) is -0.175. The van der Waals surface area contributed by atoms with Gasteiger partial charge in [-0.2, -0.15) is 0 Å².